The summed E-state index contributed by atoms with van der Waals surface area (Å²) in [5, 5.41) is 9.22. The number of rotatable bonds is 5. The van der Waals surface area contributed by atoms with Crippen LogP contribution in [0.1, 0.15) is 37.3 Å². The molecular weight excluding hydrogens is 334 g/mol. The summed E-state index contributed by atoms with van der Waals surface area (Å²) in [6.07, 6.45) is -8.61. The minimum atomic E-state index is -4.92. The smallest absolute Gasteiger partial charge is 0.376 e. The quantitative estimate of drug-likeness (QED) is 0.544. The van der Waals surface area contributed by atoms with E-state index in [9.17, 15) is 26.3 Å². The van der Waals surface area contributed by atoms with Crippen LogP contribution in [0.5, 0.6) is 0 Å². The van der Waals surface area contributed by atoms with Crippen molar-refractivity contribution in [3.05, 3.63) is 29.3 Å². The number of anilines is 1. The lowest BCUT2D eigenvalue weighted by molar-refractivity contribution is -0.115. The molecule has 1 aromatic carbocycles. The van der Waals surface area contributed by atoms with E-state index in [1.54, 1.807) is 0 Å². The van der Waals surface area contributed by atoms with Gasteiger partial charge in [0.15, 0.2) is 0 Å². The van der Waals surface area contributed by atoms with E-state index in [4.69, 9.17) is 5.41 Å². The van der Waals surface area contributed by atoms with Gasteiger partial charge in [-0.05, 0) is 35.8 Å². The number of alkyl halides is 6. The Morgan fingerprint density at radius 3 is 2.29 bits per heavy atom. The van der Waals surface area contributed by atoms with Gasteiger partial charge in [-0.15, -0.1) is 0 Å². The van der Waals surface area contributed by atoms with Gasteiger partial charge in [-0.3, -0.25) is 5.41 Å². The van der Waals surface area contributed by atoms with Gasteiger partial charge >= 0.3 is 12.4 Å². The second-order valence-corrected chi connectivity index (χ2v) is 6.40. The monoisotopic (exact) mass is 352 g/mol. The fraction of sp³-hybridized carbons (Fsp3) is 0.562. The zero-order valence-corrected chi connectivity index (χ0v) is 13.1. The molecule has 0 saturated heterocycles. The zero-order valence-electron chi connectivity index (χ0n) is 13.1. The summed E-state index contributed by atoms with van der Waals surface area (Å²) in [5.74, 6) is 0.925. The number of nitrogens with one attached hydrogen (secondary N) is 2. The Hall–Kier alpha value is -1.73. The highest BCUT2D eigenvalue weighted by molar-refractivity contribution is 6.06. The van der Waals surface area contributed by atoms with Crippen molar-refractivity contribution >= 4 is 11.4 Å². The molecule has 0 bridgehead atoms. The first-order chi connectivity index (χ1) is 10.9. The average molecular weight is 352 g/mol. The molecule has 1 saturated carbocycles. The second kappa shape index (κ2) is 6.29. The molecule has 1 aromatic rings. The van der Waals surface area contributed by atoms with Crippen molar-refractivity contribution in [3.8, 4) is 0 Å². The maximum Gasteiger partial charge on any atom is 0.433 e. The molecule has 0 radical (unpaired) electrons. The molecule has 2 rings (SSSR count). The van der Waals surface area contributed by atoms with E-state index >= 15 is 0 Å². The van der Waals surface area contributed by atoms with Crippen LogP contribution in [0.2, 0.25) is 0 Å². The van der Waals surface area contributed by atoms with E-state index in [2.05, 4.69) is 0 Å². The molecular formula is C16H18F6N2. The molecule has 134 valence electrons. The molecule has 1 aliphatic carbocycles. The van der Waals surface area contributed by atoms with Crippen molar-refractivity contribution in [2.24, 2.45) is 11.8 Å². The summed E-state index contributed by atoms with van der Waals surface area (Å²) < 4.78 is 75.5. The van der Waals surface area contributed by atoms with Crippen LogP contribution in [0, 0.1) is 17.2 Å². The highest BCUT2D eigenvalue weighted by Crippen LogP contribution is 2.52. The Balaban J connectivity index is 2.32. The van der Waals surface area contributed by atoms with Gasteiger partial charge in [-0.1, -0.05) is 26.0 Å². The molecule has 2 atom stereocenters. The number of halogens is 6. The Morgan fingerprint density at radius 2 is 1.83 bits per heavy atom. The van der Waals surface area contributed by atoms with Crippen LogP contribution in [0.15, 0.2) is 18.2 Å². The van der Waals surface area contributed by atoms with E-state index in [0.29, 0.717) is 17.4 Å². The lowest BCUT2D eigenvalue weighted by Crippen LogP contribution is -2.26. The molecule has 8 heteroatoms. The maximum atomic E-state index is 12.8. The number of hydrogen-bond acceptors (Lipinski definition) is 2. The Labute approximate surface area is 135 Å². The summed E-state index contributed by atoms with van der Waals surface area (Å²) in [7, 11) is 0. The third-order valence-electron chi connectivity index (χ3n) is 4.20. The molecule has 0 heterocycles. The van der Waals surface area contributed by atoms with E-state index in [-0.39, 0.29) is 11.6 Å². The fourth-order valence-electron chi connectivity index (χ4n) is 2.84. The number of hydrogen-bond donors (Lipinski definition) is 2. The van der Waals surface area contributed by atoms with E-state index in [1.807, 2.05) is 19.2 Å². The number of benzene rings is 1. The van der Waals surface area contributed by atoms with Crippen LogP contribution in [0.4, 0.5) is 32.0 Å². The first kappa shape index (κ1) is 18.6. The van der Waals surface area contributed by atoms with Crippen LogP contribution in [0.3, 0.4) is 0 Å². The van der Waals surface area contributed by atoms with E-state index in [0.717, 1.165) is 12.5 Å². The summed E-state index contributed by atoms with van der Waals surface area (Å²) in [6.45, 7) is 2.61. The topological polar surface area (TPSA) is 35.9 Å². The van der Waals surface area contributed by atoms with Crippen LogP contribution in [0.25, 0.3) is 0 Å². The van der Waals surface area contributed by atoms with Gasteiger partial charge in [-0.25, -0.2) is 0 Å². The lowest BCUT2D eigenvalue weighted by Gasteiger charge is -2.17. The van der Waals surface area contributed by atoms with Gasteiger partial charge in [0.1, 0.15) is 12.3 Å². The molecule has 0 unspecified atom stereocenters. The van der Waals surface area contributed by atoms with Gasteiger partial charge in [0.25, 0.3) is 0 Å². The molecule has 2 N–H and O–H groups in total. The minimum absolute atomic E-state index is 0.144. The molecule has 1 fully saturated rings. The van der Waals surface area contributed by atoms with E-state index < -0.39 is 30.2 Å². The van der Waals surface area contributed by atoms with Gasteiger partial charge < -0.3 is 5.32 Å². The lowest BCUT2D eigenvalue weighted by atomic mass is 9.98. The van der Waals surface area contributed by atoms with Crippen molar-refractivity contribution in [1.29, 1.82) is 5.41 Å². The van der Waals surface area contributed by atoms with Crippen LogP contribution in [-0.2, 0) is 0 Å². The fourth-order valence-corrected chi connectivity index (χ4v) is 2.84. The van der Waals surface area contributed by atoms with Gasteiger partial charge in [0.2, 0.25) is 0 Å². The van der Waals surface area contributed by atoms with Crippen LogP contribution >= 0.6 is 0 Å². The second-order valence-electron chi connectivity index (χ2n) is 6.40. The summed E-state index contributed by atoms with van der Waals surface area (Å²) in [5.41, 5.74) is -1.83. The minimum Gasteiger partial charge on any atom is -0.376 e. The molecule has 0 aromatic heterocycles. The first-order valence-electron chi connectivity index (χ1n) is 7.51. The Morgan fingerprint density at radius 1 is 1.21 bits per heavy atom. The van der Waals surface area contributed by atoms with Crippen LogP contribution in [-0.4, -0.2) is 24.6 Å². The average Bonchev–Trinajstić information content (AvgIpc) is 3.23. The highest BCUT2D eigenvalue weighted by Gasteiger charge is 2.41. The van der Waals surface area contributed by atoms with E-state index in [1.165, 1.54) is 12.1 Å². The zero-order chi connectivity index (χ0) is 18.3. The molecule has 1 aliphatic rings. The molecule has 0 amide bonds. The van der Waals surface area contributed by atoms with Crippen molar-refractivity contribution in [1.82, 2.24) is 0 Å². The predicted octanol–water partition coefficient (Wildman–Crippen LogP) is 5.35. The highest BCUT2D eigenvalue weighted by atomic mass is 19.4. The normalized spacial score (nSPS) is 21.0. The van der Waals surface area contributed by atoms with Gasteiger partial charge in [-0.2, -0.15) is 26.3 Å². The third-order valence-corrected chi connectivity index (χ3v) is 4.20. The molecule has 24 heavy (non-hydrogen) atoms. The van der Waals surface area contributed by atoms with Crippen molar-refractivity contribution in [2.75, 3.05) is 11.9 Å². The van der Waals surface area contributed by atoms with Crippen molar-refractivity contribution < 1.29 is 26.3 Å². The first-order valence-corrected chi connectivity index (χ1v) is 7.51. The molecule has 2 nitrogen and oxygen atoms in total. The van der Waals surface area contributed by atoms with Crippen LogP contribution < -0.4 is 5.32 Å². The van der Waals surface area contributed by atoms with Crippen molar-refractivity contribution in [2.45, 2.75) is 38.5 Å². The Bertz CT molecular complexity index is 618. The third kappa shape index (κ3) is 4.42. The SMILES string of the molecule is CC(C)[C@H]1C[C@@H]1c1ccc(C(=N)C(F)(F)F)c(NCC(F)(F)F)c1. The van der Waals surface area contributed by atoms with Gasteiger partial charge in [0, 0.05) is 11.3 Å². The summed E-state index contributed by atoms with van der Waals surface area (Å²) in [6, 6.07) is 3.87. The maximum absolute atomic E-state index is 12.8. The summed E-state index contributed by atoms with van der Waals surface area (Å²) in [4.78, 5) is 0. The largest absolute Gasteiger partial charge is 0.433 e. The summed E-state index contributed by atoms with van der Waals surface area (Å²) >= 11 is 0. The standard InChI is InChI=1S/C16H18F6N2/c1-8(2)11-6-12(11)9-3-4-10(14(23)16(20,21)22)13(5-9)24-7-15(17,18)19/h3-5,8,11-12,23-24H,6-7H2,1-2H3/t11-,12-/m1/s1. The Kier molecular flexibility index (Phi) is 4.88. The molecule has 0 spiro atoms. The van der Waals surface area contributed by atoms with Gasteiger partial charge in [0.05, 0.1) is 0 Å². The molecule has 0 aliphatic heterocycles. The predicted molar refractivity (Wildman–Crippen MR) is 79.6 cm³/mol. The van der Waals surface area contributed by atoms with Crippen molar-refractivity contribution in [3.63, 3.8) is 0 Å².